The van der Waals surface area contributed by atoms with Gasteiger partial charge in [-0.15, -0.1) is 0 Å². The van der Waals surface area contributed by atoms with Crippen LogP contribution in [0.3, 0.4) is 0 Å². The summed E-state index contributed by atoms with van der Waals surface area (Å²) in [6, 6.07) is 0. The van der Waals surface area contributed by atoms with Crippen LogP contribution >= 0.6 is 0 Å². The van der Waals surface area contributed by atoms with E-state index in [2.05, 4.69) is 26.1 Å². The summed E-state index contributed by atoms with van der Waals surface area (Å²) < 4.78 is 5.76. The molecular formula is C8H17NO. The van der Waals surface area contributed by atoms with Crippen LogP contribution in [0.5, 0.6) is 0 Å². The maximum Gasteiger partial charge on any atom is 0.0754 e. The largest absolute Gasteiger partial charge is 0.370 e. The van der Waals surface area contributed by atoms with Crippen LogP contribution < -0.4 is 5.32 Å². The van der Waals surface area contributed by atoms with Crippen molar-refractivity contribution in [1.29, 1.82) is 0 Å². The van der Waals surface area contributed by atoms with E-state index < -0.39 is 0 Å². The zero-order valence-electron chi connectivity index (χ0n) is 7.11. The van der Waals surface area contributed by atoms with Gasteiger partial charge in [-0.1, -0.05) is 6.92 Å². The van der Waals surface area contributed by atoms with Crippen LogP contribution in [0.25, 0.3) is 0 Å². The first-order chi connectivity index (χ1) is 4.64. The molecular weight excluding hydrogens is 126 g/mol. The van der Waals surface area contributed by atoms with Crippen LogP contribution in [0, 0.1) is 0 Å². The molecule has 1 heterocycles. The van der Waals surface area contributed by atoms with Gasteiger partial charge >= 0.3 is 0 Å². The van der Waals surface area contributed by atoms with Gasteiger partial charge in [0, 0.05) is 13.1 Å². The van der Waals surface area contributed by atoms with Crippen LogP contribution in [0.1, 0.15) is 27.2 Å². The van der Waals surface area contributed by atoms with Gasteiger partial charge in [0.05, 0.1) is 11.7 Å². The van der Waals surface area contributed by atoms with E-state index in [0.717, 1.165) is 19.5 Å². The van der Waals surface area contributed by atoms with Gasteiger partial charge in [0.25, 0.3) is 0 Å². The number of nitrogens with one attached hydrogen (secondary N) is 1. The Morgan fingerprint density at radius 2 is 2.30 bits per heavy atom. The predicted molar refractivity (Wildman–Crippen MR) is 42.1 cm³/mol. The second-order valence-corrected chi connectivity index (χ2v) is 3.54. The molecule has 10 heavy (non-hydrogen) atoms. The van der Waals surface area contributed by atoms with E-state index in [0.29, 0.717) is 6.10 Å². The summed E-state index contributed by atoms with van der Waals surface area (Å²) in [6.07, 6.45) is 1.53. The minimum atomic E-state index is 0.0406. The lowest BCUT2D eigenvalue weighted by molar-refractivity contribution is -0.0943. The van der Waals surface area contributed by atoms with Gasteiger partial charge < -0.3 is 10.1 Å². The van der Waals surface area contributed by atoms with Crippen molar-refractivity contribution in [2.75, 3.05) is 13.1 Å². The summed E-state index contributed by atoms with van der Waals surface area (Å²) in [6.45, 7) is 8.40. The van der Waals surface area contributed by atoms with Crippen molar-refractivity contribution < 1.29 is 4.74 Å². The van der Waals surface area contributed by atoms with Gasteiger partial charge in [-0.2, -0.15) is 0 Å². The molecule has 1 aliphatic rings. The second-order valence-electron chi connectivity index (χ2n) is 3.54. The standard InChI is InChI=1S/C8H17NO/c1-4-7-5-9-6-8(2,3)10-7/h7,9H,4-6H2,1-3H3. The van der Waals surface area contributed by atoms with E-state index in [-0.39, 0.29) is 5.60 Å². The number of morpholine rings is 1. The van der Waals surface area contributed by atoms with Crippen molar-refractivity contribution in [3.05, 3.63) is 0 Å². The molecule has 1 aliphatic heterocycles. The number of ether oxygens (including phenoxy) is 1. The Labute approximate surface area is 63.0 Å². The molecule has 1 N–H and O–H groups in total. The van der Waals surface area contributed by atoms with E-state index in [4.69, 9.17) is 4.74 Å². The van der Waals surface area contributed by atoms with Gasteiger partial charge in [0.2, 0.25) is 0 Å². The van der Waals surface area contributed by atoms with Crippen LogP contribution in [-0.2, 0) is 4.74 Å². The highest BCUT2D eigenvalue weighted by atomic mass is 16.5. The molecule has 0 aromatic heterocycles. The molecule has 1 saturated heterocycles. The molecule has 1 rings (SSSR count). The molecule has 0 saturated carbocycles. The number of hydrogen-bond acceptors (Lipinski definition) is 2. The maximum absolute atomic E-state index is 5.76. The minimum absolute atomic E-state index is 0.0406. The van der Waals surface area contributed by atoms with Crippen LogP contribution in [0.4, 0.5) is 0 Å². The van der Waals surface area contributed by atoms with Crippen molar-refractivity contribution in [1.82, 2.24) is 5.32 Å². The van der Waals surface area contributed by atoms with Gasteiger partial charge in [-0.05, 0) is 20.3 Å². The fourth-order valence-electron chi connectivity index (χ4n) is 1.30. The Morgan fingerprint density at radius 1 is 1.60 bits per heavy atom. The first kappa shape index (κ1) is 8.02. The summed E-state index contributed by atoms with van der Waals surface area (Å²) in [4.78, 5) is 0. The molecule has 1 atom stereocenters. The molecule has 0 aliphatic carbocycles. The van der Waals surface area contributed by atoms with Crippen molar-refractivity contribution in [3.8, 4) is 0 Å². The summed E-state index contributed by atoms with van der Waals surface area (Å²) in [5.41, 5.74) is 0.0406. The van der Waals surface area contributed by atoms with Gasteiger partial charge in [-0.25, -0.2) is 0 Å². The Balaban J connectivity index is 2.40. The monoisotopic (exact) mass is 143 g/mol. The molecule has 0 aromatic rings. The second kappa shape index (κ2) is 2.89. The van der Waals surface area contributed by atoms with Crippen molar-refractivity contribution >= 4 is 0 Å². The van der Waals surface area contributed by atoms with E-state index in [1.165, 1.54) is 0 Å². The highest BCUT2D eigenvalue weighted by Gasteiger charge is 2.26. The fourth-order valence-corrected chi connectivity index (χ4v) is 1.30. The Morgan fingerprint density at radius 3 is 2.70 bits per heavy atom. The predicted octanol–water partition coefficient (Wildman–Crippen LogP) is 1.16. The molecule has 2 nitrogen and oxygen atoms in total. The molecule has 0 amide bonds. The molecule has 2 heteroatoms. The molecule has 0 radical (unpaired) electrons. The average molecular weight is 143 g/mol. The molecule has 0 bridgehead atoms. The third-order valence-corrected chi connectivity index (χ3v) is 1.86. The molecule has 1 fully saturated rings. The van der Waals surface area contributed by atoms with E-state index >= 15 is 0 Å². The third-order valence-electron chi connectivity index (χ3n) is 1.86. The fraction of sp³-hybridized carbons (Fsp3) is 1.00. The topological polar surface area (TPSA) is 21.3 Å². The third kappa shape index (κ3) is 1.96. The SMILES string of the molecule is CCC1CNCC(C)(C)O1. The summed E-state index contributed by atoms with van der Waals surface area (Å²) in [5, 5.41) is 3.35. The maximum atomic E-state index is 5.76. The van der Waals surface area contributed by atoms with Crippen molar-refractivity contribution in [2.24, 2.45) is 0 Å². The summed E-state index contributed by atoms with van der Waals surface area (Å²) >= 11 is 0. The highest BCUT2D eigenvalue weighted by Crippen LogP contribution is 2.16. The zero-order valence-corrected chi connectivity index (χ0v) is 7.11. The first-order valence-electron chi connectivity index (χ1n) is 4.02. The van der Waals surface area contributed by atoms with E-state index in [1.54, 1.807) is 0 Å². The normalized spacial score (nSPS) is 32.1. The lowest BCUT2D eigenvalue weighted by Gasteiger charge is -2.36. The van der Waals surface area contributed by atoms with Gasteiger partial charge in [-0.3, -0.25) is 0 Å². The van der Waals surface area contributed by atoms with Crippen LogP contribution in [0.15, 0.2) is 0 Å². The Kier molecular flexibility index (Phi) is 2.32. The summed E-state index contributed by atoms with van der Waals surface area (Å²) in [5.74, 6) is 0. The van der Waals surface area contributed by atoms with Gasteiger partial charge in [0.15, 0.2) is 0 Å². The zero-order chi connectivity index (χ0) is 7.61. The molecule has 1 unspecified atom stereocenters. The van der Waals surface area contributed by atoms with E-state index in [1.807, 2.05) is 0 Å². The lowest BCUT2D eigenvalue weighted by atomic mass is 10.1. The highest BCUT2D eigenvalue weighted by molar-refractivity contribution is 4.80. The molecule has 0 spiro atoms. The quantitative estimate of drug-likeness (QED) is 0.595. The van der Waals surface area contributed by atoms with Crippen molar-refractivity contribution in [3.63, 3.8) is 0 Å². The summed E-state index contributed by atoms with van der Waals surface area (Å²) in [7, 11) is 0. The molecule has 0 aromatic carbocycles. The Hall–Kier alpha value is -0.0800. The number of rotatable bonds is 1. The minimum Gasteiger partial charge on any atom is -0.370 e. The van der Waals surface area contributed by atoms with Crippen LogP contribution in [-0.4, -0.2) is 24.8 Å². The average Bonchev–Trinajstić information content (AvgIpc) is 1.86. The smallest absolute Gasteiger partial charge is 0.0754 e. The molecule has 60 valence electrons. The number of hydrogen-bond donors (Lipinski definition) is 1. The van der Waals surface area contributed by atoms with Crippen LogP contribution in [0.2, 0.25) is 0 Å². The lowest BCUT2D eigenvalue weighted by Crippen LogP contribution is -2.50. The van der Waals surface area contributed by atoms with Crippen molar-refractivity contribution in [2.45, 2.75) is 38.9 Å². The van der Waals surface area contributed by atoms with E-state index in [9.17, 15) is 0 Å². The van der Waals surface area contributed by atoms with Gasteiger partial charge in [0.1, 0.15) is 0 Å². The first-order valence-corrected chi connectivity index (χ1v) is 4.02. The Bertz CT molecular complexity index is 112.